The number of thioether (sulfide) groups is 1. The van der Waals surface area contributed by atoms with Crippen LogP contribution in [0.3, 0.4) is 0 Å². The van der Waals surface area contributed by atoms with Crippen molar-refractivity contribution >= 4 is 69.4 Å². The summed E-state index contributed by atoms with van der Waals surface area (Å²) >= 11 is 1.52. The summed E-state index contributed by atoms with van der Waals surface area (Å²) in [4.78, 5) is 86.1. The summed E-state index contributed by atoms with van der Waals surface area (Å²) < 4.78 is 1.40. The monoisotopic (exact) mass is 767 g/mol. The van der Waals surface area contributed by atoms with E-state index in [0.29, 0.717) is 48.0 Å². The summed E-state index contributed by atoms with van der Waals surface area (Å²) in [6, 6.07) is 12.1. The number of piperidine rings is 1. The maximum Gasteiger partial charge on any atom is 0.264 e. The molecule has 3 fully saturated rings. The van der Waals surface area contributed by atoms with E-state index in [2.05, 4.69) is 36.5 Å². The first-order chi connectivity index (χ1) is 26.7. The largest absolute Gasteiger partial charge is 0.379 e. The highest BCUT2D eigenvalue weighted by Gasteiger charge is 2.45. The summed E-state index contributed by atoms with van der Waals surface area (Å²) in [7, 11) is 0. The minimum absolute atomic E-state index is 0.0357. The van der Waals surface area contributed by atoms with Crippen molar-refractivity contribution in [2.45, 2.75) is 69.7 Å². The number of anilines is 3. The molecule has 3 aromatic rings. The van der Waals surface area contributed by atoms with Gasteiger partial charge in [-0.25, -0.2) is 4.68 Å². The molecule has 1 aliphatic carbocycles. The van der Waals surface area contributed by atoms with Crippen molar-refractivity contribution in [1.82, 2.24) is 35.4 Å². The number of amidine groups is 1. The minimum Gasteiger partial charge on any atom is -0.379 e. The van der Waals surface area contributed by atoms with Crippen LogP contribution in [0.5, 0.6) is 0 Å². The predicted molar refractivity (Wildman–Crippen MR) is 203 cm³/mol. The Labute approximate surface area is 320 Å². The van der Waals surface area contributed by atoms with Gasteiger partial charge in [0.15, 0.2) is 5.17 Å². The lowest BCUT2D eigenvalue weighted by atomic mass is 9.92. The first-order valence-corrected chi connectivity index (χ1v) is 19.6. The SMILES string of the molecule is O=C1CCC(N2C(=O)c3cccc(NCc4cn(CC(=O)Nc5ccc(N6CCN(C(=O)CSC7=N[C@@H]8CCCC[C@H]8N7)CC6)cc5)nn4)c3C2=O)C(=O)N1. The second kappa shape index (κ2) is 15.5. The molecule has 1 aromatic heterocycles. The summed E-state index contributed by atoms with van der Waals surface area (Å²) in [6.07, 6.45) is 6.46. The van der Waals surface area contributed by atoms with Crippen LogP contribution in [0.1, 0.15) is 64.9 Å². The summed E-state index contributed by atoms with van der Waals surface area (Å²) in [6.45, 7) is 2.80. The zero-order valence-electron chi connectivity index (χ0n) is 30.0. The van der Waals surface area contributed by atoms with Gasteiger partial charge in [0.25, 0.3) is 11.8 Å². The third kappa shape index (κ3) is 7.76. The van der Waals surface area contributed by atoms with E-state index < -0.39 is 29.7 Å². The lowest BCUT2D eigenvalue weighted by molar-refractivity contribution is -0.136. The van der Waals surface area contributed by atoms with Crippen molar-refractivity contribution in [3.63, 3.8) is 0 Å². The van der Waals surface area contributed by atoms with Gasteiger partial charge in [0.2, 0.25) is 23.6 Å². The maximum atomic E-state index is 13.4. The quantitative estimate of drug-likeness (QED) is 0.217. The first kappa shape index (κ1) is 36.2. The number of carbonyl (C=O) groups excluding carboxylic acids is 6. The van der Waals surface area contributed by atoms with Crippen LogP contribution < -0.4 is 26.2 Å². The van der Waals surface area contributed by atoms with Crippen molar-refractivity contribution < 1.29 is 28.8 Å². The van der Waals surface area contributed by atoms with Crippen LogP contribution in [0.25, 0.3) is 0 Å². The number of hydrogen-bond donors (Lipinski definition) is 4. The van der Waals surface area contributed by atoms with Gasteiger partial charge in [0.05, 0.1) is 41.7 Å². The zero-order chi connectivity index (χ0) is 38.1. The Bertz CT molecular complexity index is 2060. The van der Waals surface area contributed by atoms with E-state index in [1.54, 1.807) is 18.3 Å². The van der Waals surface area contributed by atoms with Gasteiger partial charge in [-0.3, -0.25) is 44.0 Å². The number of rotatable bonds is 10. The molecule has 2 saturated heterocycles. The molecule has 0 radical (unpaired) electrons. The number of fused-ring (bicyclic) bond motifs is 2. The fourth-order valence-electron chi connectivity index (χ4n) is 7.74. The van der Waals surface area contributed by atoms with E-state index in [1.807, 2.05) is 29.2 Å². The first-order valence-electron chi connectivity index (χ1n) is 18.6. The second-order valence-corrected chi connectivity index (χ2v) is 15.2. The molecule has 17 nitrogen and oxygen atoms in total. The number of imide groups is 2. The highest BCUT2D eigenvalue weighted by atomic mass is 32.2. The normalized spacial score (nSPS) is 22.1. The smallest absolute Gasteiger partial charge is 0.264 e. The van der Waals surface area contributed by atoms with Crippen molar-refractivity contribution in [3.05, 3.63) is 65.5 Å². The van der Waals surface area contributed by atoms with Gasteiger partial charge >= 0.3 is 0 Å². The molecule has 0 spiro atoms. The summed E-state index contributed by atoms with van der Waals surface area (Å²) in [5.41, 5.74) is 2.83. The van der Waals surface area contributed by atoms with E-state index in [1.165, 1.54) is 35.4 Å². The van der Waals surface area contributed by atoms with Gasteiger partial charge in [-0.15, -0.1) is 5.10 Å². The van der Waals surface area contributed by atoms with Crippen LogP contribution in [-0.4, -0.2) is 115 Å². The molecule has 55 heavy (non-hydrogen) atoms. The summed E-state index contributed by atoms with van der Waals surface area (Å²) in [5.74, 6) is -2.09. The molecule has 18 heteroatoms. The number of aromatic nitrogens is 3. The van der Waals surface area contributed by atoms with E-state index in [4.69, 9.17) is 4.99 Å². The molecule has 3 atom stereocenters. The van der Waals surface area contributed by atoms with E-state index >= 15 is 0 Å². The van der Waals surface area contributed by atoms with Crippen LogP contribution in [0.2, 0.25) is 0 Å². The third-order valence-electron chi connectivity index (χ3n) is 10.6. The molecule has 1 unspecified atom stereocenters. The van der Waals surface area contributed by atoms with Gasteiger partial charge in [-0.05, 0) is 55.7 Å². The molecule has 0 bridgehead atoms. The van der Waals surface area contributed by atoms with Crippen molar-refractivity contribution in [2.75, 3.05) is 47.5 Å². The molecular formula is C37H41N11O6S. The number of benzene rings is 2. The van der Waals surface area contributed by atoms with Crippen molar-refractivity contribution in [1.29, 1.82) is 0 Å². The lowest BCUT2D eigenvalue weighted by Crippen LogP contribution is -2.54. The average Bonchev–Trinajstić information content (AvgIpc) is 3.89. The number of carbonyl (C=O) groups is 6. The van der Waals surface area contributed by atoms with E-state index in [-0.39, 0.29) is 48.9 Å². The Kier molecular flexibility index (Phi) is 10.2. The molecule has 6 amide bonds. The van der Waals surface area contributed by atoms with Crippen LogP contribution in [0.15, 0.2) is 53.7 Å². The fraction of sp³-hybridized carbons (Fsp3) is 0.432. The summed E-state index contributed by atoms with van der Waals surface area (Å²) in [5, 5.41) is 20.8. The third-order valence-corrected chi connectivity index (χ3v) is 11.5. The molecule has 5 heterocycles. The molecule has 286 valence electrons. The topological polar surface area (TPSA) is 203 Å². The van der Waals surface area contributed by atoms with E-state index in [9.17, 15) is 28.8 Å². The predicted octanol–water partition coefficient (Wildman–Crippen LogP) is 1.58. The van der Waals surface area contributed by atoms with Gasteiger partial charge in [0, 0.05) is 49.7 Å². The average molecular weight is 768 g/mol. The highest BCUT2D eigenvalue weighted by Crippen LogP contribution is 2.33. The van der Waals surface area contributed by atoms with Crippen LogP contribution >= 0.6 is 11.8 Å². The van der Waals surface area contributed by atoms with Gasteiger partial charge in [-0.1, -0.05) is 35.9 Å². The number of hydrogen-bond acceptors (Lipinski definition) is 13. The zero-order valence-corrected chi connectivity index (χ0v) is 30.8. The van der Waals surface area contributed by atoms with Gasteiger partial charge in [-0.2, -0.15) is 0 Å². The molecular weight excluding hydrogens is 727 g/mol. The molecule has 4 N–H and O–H groups in total. The molecule has 5 aliphatic rings. The maximum absolute atomic E-state index is 13.4. The Morgan fingerprint density at radius 1 is 0.927 bits per heavy atom. The molecule has 4 aliphatic heterocycles. The molecule has 2 aromatic carbocycles. The van der Waals surface area contributed by atoms with Gasteiger partial charge in [0.1, 0.15) is 18.3 Å². The van der Waals surface area contributed by atoms with E-state index in [0.717, 1.165) is 41.7 Å². The Morgan fingerprint density at radius 3 is 2.51 bits per heavy atom. The number of nitrogens with zero attached hydrogens (tertiary/aromatic N) is 7. The Hall–Kier alpha value is -5.78. The minimum atomic E-state index is -1.06. The van der Waals surface area contributed by atoms with Crippen LogP contribution in [0.4, 0.5) is 17.1 Å². The van der Waals surface area contributed by atoms with Crippen LogP contribution in [-0.2, 0) is 32.3 Å². The van der Waals surface area contributed by atoms with Crippen molar-refractivity contribution in [2.24, 2.45) is 4.99 Å². The van der Waals surface area contributed by atoms with Gasteiger partial charge < -0.3 is 25.8 Å². The number of aliphatic imine (C=N–C) groups is 1. The van der Waals surface area contributed by atoms with Crippen molar-refractivity contribution in [3.8, 4) is 0 Å². The Balaban J connectivity index is 0.782. The number of amides is 6. The molecule has 1 saturated carbocycles. The number of piperazine rings is 1. The standard InChI is InChI=1S/C37H41N11O6S/c49-30-13-12-29(34(52)42-30)48-35(53)25-4-3-7-28(33(25)36(48)54)38-18-23-19-47(44-43-23)20-31(50)39-22-8-10-24(11-9-22)45-14-16-46(17-15-45)32(51)21-55-37-40-26-5-1-2-6-27(26)41-37/h3-4,7-11,19,26-27,29,38H,1-2,5-6,12-18,20-21H2,(H,39,50)(H,40,41)(H,42,49,52)/t26-,27-,29?/m1/s1. The highest BCUT2D eigenvalue weighted by molar-refractivity contribution is 8.14. The second-order valence-electron chi connectivity index (χ2n) is 14.2. The Morgan fingerprint density at radius 2 is 1.73 bits per heavy atom. The molecule has 8 rings (SSSR count). The number of nitrogens with one attached hydrogen (secondary N) is 4. The van der Waals surface area contributed by atoms with Crippen LogP contribution in [0, 0.1) is 0 Å². The fourth-order valence-corrected chi connectivity index (χ4v) is 8.63. The lowest BCUT2D eigenvalue weighted by Gasteiger charge is -2.36.